The van der Waals surface area contributed by atoms with E-state index in [-0.39, 0.29) is 11.3 Å². The number of aromatic amines is 1. The minimum atomic E-state index is -1.15. The van der Waals surface area contributed by atoms with E-state index in [1.165, 1.54) is 4.68 Å². The van der Waals surface area contributed by atoms with Gasteiger partial charge in [-0.2, -0.15) is 0 Å². The standard InChI is InChI=1S/C12H12N2O3/c1-7-3-4-10(8(2)5-7)14-11(15)6-9(13-14)12(16)17/h3-6,13H,1-2H3,(H,16,17). The summed E-state index contributed by atoms with van der Waals surface area (Å²) in [5.41, 5.74) is 2.16. The predicted molar refractivity (Wildman–Crippen MR) is 62.8 cm³/mol. The largest absolute Gasteiger partial charge is 0.477 e. The van der Waals surface area contributed by atoms with Gasteiger partial charge in [0.15, 0.2) is 0 Å². The normalized spacial score (nSPS) is 10.5. The lowest BCUT2D eigenvalue weighted by atomic mass is 10.1. The van der Waals surface area contributed by atoms with Gasteiger partial charge in [-0.3, -0.25) is 9.89 Å². The SMILES string of the molecule is Cc1ccc(-n2[nH]c(C(=O)O)cc2=O)c(C)c1. The molecule has 0 unspecified atom stereocenters. The number of nitrogens with zero attached hydrogens (tertiary/aromatic N) is 1. The van der Waals surface area contributed by atoms with Gasteiger partial charge in [0.05, 0.1) is 5.69 Å². The third kappa shape index (κ3) is 1.99. The molecule has 5 heteroatoms. The van der Waals surface area contributed by atoms with Crippen LogP contribution in [0.5, 0.6) is 0 Å². The maximum absolute atomic E-state index is 11.7. The van der Waals surface area contributed by atoms with E-state index in [2.05, 4.69) is 5.10 Å². The number of hydrogen-bond acceptors (Lipinski definition) is 2. The Bertz CT molecular complexity index is 637. The van der Waals surface area contributed by atoms with Gasteiger partial charge in [0.25, 0.3) is 5.56 Å². The molecule has 0 atom stereocenters. The van der Waals surface area contributed by atoms with E-state index in [9.17, 15) is 9.59 Å². The highest BCUT2D eigenvalue weighted by Crippen LogP contribution is 2.13. The summed E-state index contributed by atoms with van der Waals surface area (Å²) < 4.78 is 1.23. The van der Waals surface area contributed by atoms with E-state index in [0.717, 1.165) is 17.2 Å². The van der Waals surface area contributed by atoms with Gasteiger partial charge in [-0.15, -0.1) is 0 Å². The Hall–Kier alpha value is -2.30. The van der Waals surface area contributed by atoms with E-state index < -0.39 is 5.97 Å². The molecular formula is C12H12N2O3. The summed E-state index contributed by atoms with van der Waals surface area (Å²) in [6.07, 6.45) is 0. The molecule has 1 aromatic heterocycles. The van der Waals surface area contributed by atoms with E-state index in [4.69, 9.17) is 5.11 Å². The Morgan fingerprint density at radius 2 is 2.00 bits per heavy atom. The molecule has 88 valence electrons. The van der Waals surface area contributed by atoms with E-state index in [1.54, 1.807) is 6.07 Å². The number of aromatic nitrogens is 2. The van der Waals surface area contributed by atoms with E-state index >= 15 is 0 Å². The molecule has 1 aromatic carbocycles. The number of carboxylic acid groups (broad SMARTS) is 1. The predicted octanol–water partition coefficient (Wildman–Crippen LogP) is 1.48. The Morgan fingerprint density at radius 1 is 1.29 bits per heavy atom. The number of benzene rings is 1. The minimum Gasteiger partial charge on any atom is -0.477 e. The third-order valence-electron chi connectivity index (χ3n) is 2.54. The molecule has 5 nitrogen and oxygen atoms in total. The van der Waals surface area contributed by atoms with Crippen molar-refractivity contribution >= 4 is 5.97 Å². The first-order valence-electron chi connectivity index (χ1n) is 5.12. The van der Waals surface area contributed by atoms with Crippen molar-refractivity contribution in [3.63, 3.8) is 0 Å². The molecule has 17 heavy (non-hydrogen) atoms. The topological polar surface area (TPSA) is 75.1 Å². The van der Waals surface area contributed by atoms with Crippen LogP contribution in [0.25, 0.3) is 5.69 Å². The molecule has 0 aliphatic heterocycles. The highest BCUT2D eigenvalue weighted by Gasteiger charge is 2.11. The van der Waals surface area contributed by atoms with Crippen molar-refractivity contribution in [3.8, 4) is 5.69 Å². The van der Waals surface area contributed by atoms with Crippen LogP contribution in [0, 0.1) is 13.8 Å². The van der Waals surface area contributed by atoms with Gasteiger partial charge in [-0.05, 0) is 25.5 Å². The molecule has 2 N–H and O–H groups in total. The molecule has 0 bridgehead atoms. The number of aryl methyl sites for hydroxylation is 2. The molecule has 0 amide bonds. The summed E-state index contributed by atoms with van der Waals surface area (Å²) in [5, 5.41) is 11.4. The van der Waals surface area contributed by atoms with Gasteiger partial charge in [-0.1, -0.05) is 17.7 Å². The van der Waals surface area contributed by atoms with Gasteiger partial charge < -0.3 is 5.11 Å². The molecule has 2 aromatic rings. The van der Waals surface area contributed by atoms with E-state index in [1.807, 2.05) is 26.0 Å². The number of H-pyrrole nitrogens is 1. The van der Waals surface area contributed by atoms with Gasteiger partial charge in [0, 0.05) is 6.07 Å². The first kappa shape index (κ1) is 11.2. The molecular weight excluding hydrogens is 220 g/mol. The lowest BCUT2D eigenvalue weighted by Gasteiger charge is -2.06. The van der Waals surface area contributed by atoms with Crippen LogP contribution in [0.4, 0.5) is 0 Å². The van der Waals surface area contributed by atoms with Gasteiger partial charge in [-0.25, -0.2) is 9.48 Å². The zero-order chi connectivity index (χ0) is 12.6. The average molecular weight is 232 g/mol. The Kier molecular flexibility index (Phi) is 2.59. The summed E-state index contributed by atoms with van der Waals surface area (Å²) in [5.74, 6) is -1.15. The van der Waals surface area contributed by atoms with E-state index in [0.29, 0.717) is 5.69 Å². The summed E-state index contributed by atoms with van der Waals surface area (Å²) in [6.45, 7) is 3.83. The highest BCUT2D eigenvalue weighted by molar-refractivity contribution is 5.85. The number of hydrogen-bond donors (Lipinski definition) is 2. The Balaban J connectivity index is 2.60. The molecule has 0 radical (unpaired) electrons. The third-order valence-corrected chi connectivity index (χ3v) is 2.54. The maximum atomic E-state index is 11.7. The van der Waals surface area contributed by atoms with Gasteiger partial charge >= 0.3 is 5.97 Å². The fraction of sp³-hybridized carbons (Fsp3) is 0.167. The van der Waals surface area contributed by atoms with Crippen LogP contribution >= 0.6 is 0 Å². The van der Waals surface area contributed by atoms with Crippen molar-refractivity contribution in [2.75, 3.05) is 0 Å². The molecule has 0 aliphatic rings. The van der Waals surface area contributed by atoms with Crippen molar-refractivity contribution in [2.45, 2.75) is 13.8 Å². The van der Waals surface area contributed by atoms with Crippen molar-refractivity contribution in [1.29, 1.82) is 0 Å². The average Bonchev–Trinajstić information content (AvgIpc) is 2.61. The summed E-state index contributed by atoms with van der Waals surface area (Å²) >= 11 is 0. The molecule has 0 fully saturated rings. The van der Waals surface area contributed by atoms with Crippen LogP contribution in [-0.4, -0.2) is 20.9 Å². The van der Waals surface area contributed by atoms with Crippen LogP contribution < -0.4 is 5.56 Å². The fourth-order valence-corrected chi connectivity index (χ4v) is 1.74. The number of carboxylic acids is 1. The number of rotatable bonds is 2. The first-order chi connectivity index (χ1) is 7.99. The maximum Gasteiger partial charge on any atom is 0.353 e. The van der Waals surface area contributed by atoms with Gasteiger partial charge in [0.1, 0.15) is 5.69 Å². The number of nitrogens with one attached hydrogen (secondary N) is 1. The summed E-state index contributed by atoms with van der Waals surface area (Å²) in [6, 6.07) is 6.66. The number of carbonyl (C=O) groups is 1. The second-order valence-corrected chi connectivity index (χ2v) is 3.94. The zero-order valence-electron chi connectivity index (χ0n) is 9.52. The Labute approximate surface area is 97.3 Å². The van der Waals surface area contributed by atoms with Crippen LogP contribution in [0.15, 0.2) is 29.1 Å². The first-order valence-corrected chi connectivity index (χ1v) is 5.12. The summed E-state index contributed by atoms with van der Waals surface area (Å²) in [7, 11) is 0. The van der Waals surface area contributed by atoms with Crippen molar-refractivity contribution < 1.29 is 9.90 Å². The monoisotopic (exact) mass is 232 g/mol. The zero-order valence-corrected chi connectivity index (χ0v) is 9.52. The van der Waals surface area contributed by atoms with Crippen molar-refractivity contribution in [3.05, 3.63) is 51.4 Å². The van der Waals surface area contributed by atoms with Crippen molar-refractivity contribution in [1.82, 2.24) is 9.78 Å². The number of aromatic carboxylic acids is 1. The molecule has 0 saturated carbocycles. The molecule has 0 aliphatic carbocycles. The van der Waals surface area contributed by atoms with Crippen molar-refractivity contribution in [2.24, 2.45) is 0 Å². The van der Waals surface area contributed by atoms with Crippen LogP contribution in [-0.2, 0) is 0 Å². The molecule has 1 heterocycles. The molecule has 0 saturated heterocycles. The van der Waals surface area contributed by atoms with Crippen LogP contribution in [0.2, 0.25) is 0 Å². The van der Waals surface area contributed by atoms with Crippen LogP contribution in [0.3, 0.4) is 0 Å². The molecule has 2 rings (SSSR count). The van der Waals surface area contributed by atoms with Crippen LogP contribution in [0.1, 0.15) is 21.6 Å². The second-order valence-electron chi connectivity index (χ2n) is 3.94. The summed E-state index contributed by atoms with van der Waals surface area (Å²) in [4.78, 5) is 22.4. The Morgan fingerprint density at radius 3 is 2.53 bits per heavy atom. The van der Waals surface area contributed by atoms with Gasteiger partial charge in [0.2, 0.25) is 0 Å². The minimum absolute atomic E-state index is 0.116. The fourth-order valence-electron chi connectivity index (χ4n) is 1.74. The smallest absolute Gasteiger partial charge is 0.353 e. The second kappa shape index (κ2) is 3.93. The lowest BCUT2D eigenvalue weighted by molar-refractivity contribution is 0.0690. The lowest BCUT2D eigenvalue weighted by Crippen LogP contribution is -2.14. The highest BCUT2D eigenvalue weighted by atomic mass is 16.4. The molecule has 0 spiro atoms. The quantitative estimate of drug-likeness (QED) is 0.823.